The Bertz CT molecular complexity index is 882. The molecule has 30 heavy (non-hydrogen) atoms. The molecule has 1 aliphatic heterocycles. The average Bonchev–Trinajstić information content (AvgIpc) is 2.98. The summed E-state index contributed by atoms with van der Waals surface area (Å²) in [6, 6.07) is 14.3. The molecular weight excluding hydrogens is 421 g/mol. The van der Waals surface area contributed by atoms with Crippen LogP contribution < -0.4 is 9.47 Å². The van der Waals surface area contributed by atoms with E-state index in [9.17, 15) is 4.79 Å². The molecule has 0 saturated carbocycles. The summed E-state index contributed by atoms with van der Waals surface area (Å²) < 4.78 is 10.8. The number of ether oxygens (including phenoxy) is 2. The Morgan fingerprint density at radius 3 is 2.33 bits per heavy atom. The van der Waals surface area contributed by atoms with Crippen molar-refractivity contribution in [1.82, 2.24) is 4.90 Å². The maximum atomic E-state index is 13.1. The molecule has 162 valence electrons. The summed E-state index contributed by atoms with van der Waals surface area (Å²) in [5.41, 5.74) is 2.99. The van der Waals surface area contributed by atoms with Gasteiger partial charge >= 0.3 is 0 Å². The number of carbonyl (C=O) groups is 1. The molecule has 2 aromatic carbocycles. The monoisotopic (exact) mass is 449 g/mol. The predicted octanol–water partition coefficient (Wildman–Crippen LogP) is 5.14. The molecule has 2 aliphatic rings. The fourth-order valence-electron chi connectivity index (χ4n) is 4.71. The smallest absolute Gasteiger partial charge is 0.184 e. The van der Waals surface area contributed by atoms with Crippen LogP contribution in [0.25, 0.3) is 0 Å². The number of carbonyl (C=O) groups excluding carboxylic acids is 1. The van der Waals surface area contributed by atoms with Crippen molar-refractivity contribution >= 4 is 29.8 Å². The van der Waals surface area contributed by atoms with Gasteiger partial charge in [0, 0.05) is 12.1 Å². The highest BCUT2D eigenvalue weighted by Gasteiger charge is 2.46. The first-order valence-corrected chi connectivity index (χ1v) is 10.6. The maximum Gasteiger partial charge on any atom is 0.184 e. The van der Waals surface area contributed by atoms with Crippen LogP contribution in [0.2, 0.25) is 0 Å². The zero-order chi connectivity index (χ0) is 20.4. The summed E-state index contributed by atoms with van der Waals surface area (Å²) in [6.45, 7) is 3.09. The number of halogens is 2. The number of alkyl halides is 1. The topological polar surface area (TPSA) is 38.8 Å². The molecule has 1 heterocycles. The highest BCUT2D eigenvalue weighted by molar-refractivity contribution is 6.39. The lowest BCUT2D eigenvalue weighted by Crippen LogP contribution is -2.38. The maximum absolute atomic E-state index is 13.1. The SMILES string of the molecule is COc1cc2c(cc1OC)C(=O)C(Cl)(CC1CCN(Cc3ccccc3)CC1)C2.Cl. The second-order valence-corrected chi connectivity index (χ2v) is 8.97. The molecule has 0 amide bonds. The minimum Gasteiger partial charge on any atom is -0.493 e. The van der Waals surface area contributed by atoms with E-state index in [-0.39, 0.29) is 18.2 Å². The van der Waals surface area contributed by atoms with E-state index in [4.69, 9.17) is 21.1 Å². The summed E-state index contributed by atoms with van der Waals surface area (Å²) in [7, 11) is 3.19. The molecule has 4 nitrogen and oxygen atoms in total. The van der Waals surface area contributed by atoms with Gasteiger partial charge < -0.3 is 9.47 Å². The molecule has 2 aromatic rings. The van der Waals surface area contributed by atoms with Crippen molar-refractivity contribution < 1.29 is 14.3 Å². The van der Waals surface area contributed by atoms with Gasteiger partial charge in [-0.25, -0.2) is 0 Å². The van der Waals surface area contributed by atoms with E-state index < -0.39 is 4.87 Å². The number of nitrogens with zero attached hydrogens (tertiary/aromatic N) is 1. The third kappa shape index (κ3) is 4.61. The number of likely N-dealkylation sites (tertiary alicyclic amines) is 1. The van der Waals surface area contributed by atoms with Crippen LogP contribution in [-0.4, -0.2) is 42.9 Å². The Morgan fingerprint density at radius 2 is 1.70 bits per heavy atom. The third-order valence-electron chi connectivity index (χ3n) is 6.30. The second kappa shape index (κ2) is 9.59. The quantitative estimate of drug-likeness (QED) is 0.571. The van der Waals surface area contributed by atoms with Gasteiger partial charge in [-0.3, -0.25) is 9.69 Å². The highest BCUT2D eigenvalue weighted by atomic mass is 35.5. The van der Waals surface area contributed by atoms with E-state index >= 15 is 0 Å². The highest BCUT2D eigenvalue weighted by Crippen LogP contribution is 2.44. The number of ketones is 1. The number of piperidine rings is 1. The molecule has 1 aliphatic carbocycles. The first-order chi connectivity index (χ1) is 14.0. The molecule has 1 fully saturated rings. The van der Waals surface area contributed by atoms with Crippen LogP contribution in [0, 0.1) is 5.92 Å². The molecule has 0 aromatic heterocycles. The first-order valence-electron chi connectivity index (χ1n) is 10.3. The Hall–Kier alpha value is -1.75. The fraction of sp³-hybridized carbons (Fsp3) is 0.458. The van der Waals surface area contributed by atoms with Crippen LogP contribution in [0.3, 0.4) is 0 Å². The lowest BCUT2D eigenvalue weighted by Gasteiger charge is -2.34. The fourth-order valence-corrected chi connectivity index (χ4v) is 5.18. The van der Waals surface area contributed by atoms with Gasteiger partial charge in [0.05, 0.1) is 14.2 Å². The third-order valence-corrected chi connectivity index (χ3v) is 6.76. The summed E-state index contributed by atoms with van der Waals surface area (Å²) in [6.07, 6.45) is 3.45. The summed E-state index contributed by atoms with van der Waals surface area (Å²) in [5, 5.41) is 0. The van der Waals surface area contributed by atoms with E-state index in [2.05, 4.69) is 35.2 Å². The van der Waals surface area contributed by atoms with E-state index in [1.54, 1.807) is 20.3 Å². The number of hydrogen-bond acceptors (Lipinski definition) is 4. The van der Waals surface area contributed by atoms with E-state index in [1.807, 2.05) is 6.07 Å². The van der Waals surface area contributed by atoms with Crippen LogP contribution in [0.1, 0.15) is 40.7 Å². The first kappa shape index (κ1) is 22.9. The number of hydrogen-bond donors (Lipinski definition) is 0. The van der Waals surface area contributed by atoms with Crippen LogP contribution in [0.4, 0.5) is 0 Å². The van der Waals surface area contributed by atoms with Gasteiger partial charge in [-0.15, -0.1) is 24.0 Å². The molecule has 1 atom stereocenters. The summed E-state index contributed by atoms with van der Waals surface area (Å²) in [4.78, 5) is 14.8. The number of Topliss-reactive ketones (excluding diaryl/α,β-unsaturated/α-hetero) is 1. The van der Waals surface area contributed by atoms with Crippen LogP contribution in [-0.2, 0) is 13.0 Å². The molecule has 1 saturated heterocycles. The Balaban J connectivity index is 0.00000256. The molecule has 0 bridgehead atoms. The number of fused-ring (bicyclic) bond motifs is 1. The minimum atomic E-state index is -0.841. The van der Waals surface area contributed by atoms with E-state index in [1.165, 1.54) is 5.56 Å². The molecule has 1 unspecified atom stereocenters. The van der Waals surface area contributed by atoms with Crippen molar-refractivity contribution in [3.05, 3.63) is 59.2 Å². The number of methoxy groups -OCH3 is 2. The zero-order valence-electron chi connectivity index (χ0n) is 17.5. The normalized spacial score (nSPS) is 21.8. The van der Waals surface area contributed by atoms with Crippen molar-refractivity contribution in [3.8, 4) is 11.5 Å². The van der Waals surface area contributed by atoms with E-state index in [0.717, 1.165) is 44.5 Å². The largest absolute Gasteiger partial charge is 0.493 e. The van der Waals surface area contributed by atoms with Crippen molar-refractivity contribution in [2.75, 3.05) is 27.3 Å². The van der Waals surface area contributed by atoms with Crippen molar-refractivity contribution in [3.63, 3.8) is 0 Å². The van der Waals surface area contributed by atoms with Gasteiger partial charge in [-0.2, -0.15) is 0 Å². The van der Waals surface area contributed by atoms with Crippen LogP contribution in [0.5, 0.6) is 11.5 Å². The molecule has 0 N–H and O–H groups in total. The van der Waals surface area contributed by atoms with Gasteiger partial charge in [0.1, 0.15) is 4.87 Å². The molecule has 4 rings (SSSR count). The van der Waals surface area contributed by atoms with Crippen molar-refractivity contribution in [1.29, 1.82) is 0 Å². The lowest BCUT2D eigenvalue weighted by atomic mass is 9.84. The number of benzene rings is 2. The second-order valence-electron chi connectivity index (χ2n) is 8.24. The standard InChI is InChI=1S/C24H28ClNO3.ClH/c1-28-21-12-19-15-24(25,23(27)20(19)13-22(21)29-2)14-17-8-10-26(11-9-17)16-18-6-4-3-5-7-18;/h3-7,12-13,17H,8-11,14-16H2,1-2H3;1H. The van der Waals surface area contributed by atoms with Gasteiger partial charge in [-0.05, 0) is 68.0 Å². The van der Waals surface area contributed by atoms with Crippen LogP contribution >= 0.6 is 24.0 Å². The predicted molar refractivity (Wildman–Crippen MR) is 122 cm³/mol. The van der Waals surface area contributed by atoms with Crippen LogP contribution in [0.15, 0.2) is 42.5 Å². The van der Waals surface area contributed by atoms with Gasteiger partial charge in [0.2, 0.25) is 0 Å². The summed E-state index contributed by atoms with van der Waals surface area (Å²) in [5.74, 6) is 1.73. The van der Waals surface area contributed by atoms with Gasteiger partial charge in [-0.1, -0.05) is 30.3 Å². The average molecular weight is 450 g/mol. The molecule has 0 radical (unpaired) electrons. The Morgan fingerprint density at radius 1 is 1.07 bits per heavy atom. The molecule has 0 spiro atoms. The lowest BCUT2D eigenvalue weighted by molar-refractivity contribution is 0.0919. The van der Waals surface area contributed by atoms with Gasteiger partial charge in [0.15, 0.2) is 17.3 Å². The van der Waals surface area contributed by atoms with Crippen molar-refractivity contribution in [2.45, 2.75) is 37.1 Å². The Kier molecular flexibility index (Phi) is 7.33. The molecular formula is C24H29Cl2NO3. The number of rotatable bonds is 6. The van der Waals surface area contributed by atoms with E-state index in [0.29, 0.717) is 29.4 Å². The minimum absolute atomic E-state index is 0. The molecule has 6 heteroatoms. The Labute approximate surface area is 189 Å². The summed E-state index contributed by atoms with van der Waals surface area (Å²) >= 11 is 6.93. The zero-order valence-corrected chi connectivity index (χ0v) is 19.1. The van der Waals surface area contributed by atoms with Crippen molar-refractivity contribution in [2.24, 2.45) is 5.92 Å². The van der Waals surface area contributed by atoms with Gasteiger partial charge in [0.25, 0.3) is 0 Å².